The Balaban J connectivity index is 2.32. The minimum atomic E-state index is 0.0123. The smallest absolute Gasteiger partial charge is 0.255 e. The maximum atomic E-state index is 12.3. The van der Waals surface area contributed by atoms with Gasteiger partial charge in [-0.1, -0.05) is 23.7 Å². The van der Waals surface area contributed by atoms with E-state index in [4.69, 9.17) is 11.6 Å². The van der Waals surface area contributed by atoms with Crippen molar-refractivity contribution in [3.63, 3.8) is 0 Å². The van der Waals surface area contributed by atoms with Gasteiger partial charge >= 0.3 is 0 Å². The molecule has 4 heteroatoms. The standard InChI is InChI=1S/C16H17ClN2O/c1-3-19(4-2)16(20)14-9-13(10-18-11-14)12-5-7-15(17)8-6-12/h5-11H,3-4H2,1-2H3. The fraction of sp³-hybridized carbons (Fsp3) is 0.250. The van der Waals surface area contributed by atoms with E-state index in [1.807, 2.05) is 44.2 Å². The molecule has 1 aromatic heterocycles. The summed E-state index contributed by atoms with van der Waals surface area (Å²) >= 11 is 5.88. The maximum absolute atomic E-state index is 12.3. The molecule has 0 saturated heterocycles. The molecule has 0 spiro atoms. The first kappa shape index (κ1) is 14.5. The monoisotopic (exact) mass is 288 g/mol. The Kier molecular flexibility index (Phi) is 4.74. The van der Waals surface area contributed by atoms with Crippen LogP contribution in [0.25, 0.3) is 11.1 Å². The number of carbonyl (C=O) groups is 1. The van der Waals surface area contributed by atoms with E-state index in [9.17, 15) is 4.79 Å². The maximum Gasteiger partial charge on any atom is 0.255 e. The molecule has 0 saturated carbocycles. The summed E-state index contributed by atoms with van der Waals surface area (Å²) in [6.45, 7) is 5.33. The van der Waals surface area contributed by atoms with Gasteiger partial charge in [0.1, 0.15) is 0 Å². The molecular formula is C16H17ClN2O. The van der Waals surface area contributed by atoms with Crippen LogP contribution in [0.4, 0.5) is 0 Å². The second-order valence-corrected chi connectivity index (χ2v) is 4.88. The molecule has 2 aromatic rings. The van der Waals surface area contributed by atoms with Gasteiger partial charge in [0.25, 0.3) is 5.91 Å². The van der Waals surface area contributed by atoms with E-state index >= 15 is 0 Å². The van der Waals surface area contributed by atoms with Crippen LogP contribution in [0, 0.1) is 0 Å². The van der Waals surface area contributed by atoms with Gasteiger partial charge in [-0.05, 0) is 37.6 Å². The van der Waals surface area contributed by atoms with E-state index < -0.39 is 0 Å². The third-order valence-corrected chi connectivity index (χ3v) is 3.47. The Morgan fingerprint density at radius 3 is 2.35 bits per heavy atom. The minimum Gasteiger partial charge on any atom is -0.339 e. The van der Waals surface area contributed by atoms with Crippen molar-refractivity contribution in [2.24, 2.45) is 0 Å². The number of carbonyl (C=O) groups excluding carboxylic acids is 1. The highest BCUT2D eigenvalue weighted by atomic mass is 35.5. The largest absolute Gasteiger partial charge is 0.339 e. The molecule has 104 valence electrons. The zero-order valence-corrected chi connectivity index (χ0v) is 12.4. The molecule has 3 nitrogen and oxygen atoms in total. The van der Waals surface area contributed by atoms with Crippen LogP contribution in [0.15, 0.2) is 42.7 Å². The second-order valence-electron chi connectivity index (χ2n) is 4.45. The number of pyridine rings is 1. The van der Waals surface area contributed by atoms with Gasteiger partial charge in [-0.15, -0.1) is 0 Å². The molecule has 1 aromatic carbocycles. The molecular weight excluding hydrogens is 272 g/mol. The van der Waals surface area contributed by atoms with Gasteiger partial charge in [0.05, 0.1) is 5.56 Å². The molecule has 2 rings (SSSR count). The van der Waals surface area contributed by atoms with Gasteiger partial charge in [-0.25, -0.2) is 0 Å². The summed E-state index contributed by atoms with van der Waals surface area (Å²) in [6, 6.07) is 9.37. The van der Waals surface area contributed by atoms with Crippen LogP contribution in [0.3, 0.4) is 0 Å². The number of aromatic nitrogens is 1. The quantitative estimate of drug-likeness (QED) is 0.855. The minimum absolute atomic E-state index is 0.0123. The van der Waals surface area contributed by atoms with Gasteiger partial charge in [-0.3, -0.25) is 9.78 Å². The second kappa shape index (κ2) is 6.53. The predicted octanol–water partition coefficient (Wildman–Crippen LogP) is 3.88. The molecule has 0 aliphatic rings. The van der Waals surface area contributed by atoms with E-state index in [-0.39, 0.29) is 5.91 Å². The van der Waals surface area contributed by atoms with Crippen LogP contribution in [0.1, 0.15) is 24.2 Å². The van der Waals surface area contributed by atoms with Crippen molar-refractivity contribution >= 4 is 17.5 Å². The fourth-order valence-electron chi connectivity index (χ4n) is 2.05. The van der Waals surface area contributed by atoms with Crippen molar-refractivity contribution in [2.75, 3.05) is 13.1 Å². The predicted molar refractivity (Wildman–Crippen MR) is 81.9 cm³/mol. The van der Waals surface area contributed by atoms with E-state index in [2.05, 4.69) is 4.98 Å². The highest BCUT2D eigenvalue weighted by Crippen LogP contribution is 2.22. The zero-order chi connectivity index (χ0) is 14.5. The lowest BCUT2D eigenvalue weighted by molar-refractivity contribution is 0.0772. The molecule has 0 unspecified atom stereocenters. The van der Waals surface area contributed by atoms with Gasteiger partial charge in [0, 0.05) is 36.1 Å². The Hall–Kier alpha value is -1.87. The van der Waals surface area contributed by atoms with E-state index in [0.29, 0.717) is 23.7 Å². The summed E-state index contributed by atoms with van der Waals surface area (Å²) in [4.78, 5) is 18.3. The van der Waals surface area contributed by atoms with Crippen LogP contribution < -0.4 is 0 Å². The summed E-state index contributed by atoms with van der Waals surface area (Å²) < 4.78 is 0. The lowest BCUT2D eigenvalue weighted by atomic mass is 10.1. The highest BCUT2D eigenvalue weighted by Gasteiger charge is 2.13. The number of nitrogens with zero attached hydrogens (tertiary/aromatic N) is 2. The first-order valence-corrected chi connectivity index (χ1v) is 7.03. The molecule has 20 heavy (non-hydrogen) atoms. The van der Waals surface area contributed by atoms with Gasteiger partial charge in [-0.2, -0.15) is 0 Å². The number of amides is 1. The molecule has 0 radical (unpaired) electrons. The normalized spacial score (nSPS) is 10.3. The zero-order valence-electron chi connectivity index (χ0n) is 11.6. The van der Waals surface area contributed by atoms with Crippen LogP contribution in [-0.4, -0.2) is 28.9 Å². The third kappa shape index (κ3) is 3.17. The van der Waals surface area contributed by atoms with Crippen molar-refractivity contribution in [3.8, 4) is 11.1 Å². The number of benzene rings is 1. The molecule has 0 aliphatic heterocycles. The van der Waals surface area contributed by atoms with Crippen molar-refractivity contribution in [1.82, 2.24) is 9.88 Å². The lowest BCUT2D eigenvalue weighted by Crippen LogP contribution is -2.30. The van der Waals surface area contributed by atoms with Crippen molar-refractivity contribution in [1.29, 1.82) is 0 Å². The number of hydrogen-bond acceptors (Lipinski definition) is 2. The van der Waals surface area contributed by atoms with Crippen molar-refractivity contribution < 1.29 is 4.79 Å². The average Bonchev–Trinajstić information content (AvgIpc) is 2.49. The van der Waals surface area contributed by atoms with Gasteiger partial charge in [0.2, 0.25) is 0 Å². The first-order valence-electron chi connectivity index (χ1n) is 6.66. The fourth-order valence-corrected chi connectivity index (χ4v) is 2.18. The van der Waals surface area contributed by atoms with Crippen molar-refractivity contribution in [3.05, 3.63) is 53.3 Å². The molecule has 0 atom stereocenters. The highest BCUT2D eigenvalue weighted by molar-refractivity contribution is 6.30. The summed E-state index contributed by atoms with van der Waals surface area (Å²) in [5, 5.41) is 0.692. The third-order valence-electron chi connectivity index (χ3n) is 3.21. The Morgan fingerprint density at radius 1 is 1.10 bits per heavy atom. The summed E-state index contributed by atoms with van der Waals surface area (Å²) in [7, 11) is 0. The molecule has 1 amide bonds. The van der Waals surface area contributed by atoms with Crippen LogP contribution in [0.2, 0.25) is 5.02 Å². The van der Waals surface area contributed by atoms with Crippen LogP contribution in [0.5, 0.6) is 0 Å². The van der Waals surface area contributed by atoms with Crippen LogP contribution >= 0.6 is 11.6 Å². The molecule has 0 fully saturated rings. The van der Waals surface area contributed by atoms with Gasteiger partial charge in [0.15, 0.2) is 0 Å². The lowest BCUT2D eigenvalue weighted by Gasteiger charge is -2.18. The van der Waals surface area contributed by atoms with E-state index in [0.717, 1.165) is 11.1 Å². The summed E-state index contributed by atoms with van der Waals surface area (Å²) in [6.07, 6.45) is 3.36. The van der Waals surface area contributed by atoms with E-state index in [1.54, 1.807) is 17.3 Å². The molecule has 1 heterocycles. The van der Waals surface area contributed by atoms with Gasteiger partial charge < -0.3 is 4.90 Å². The number of rotatable bonds is 4. The van der Waals surface area contributed by atoms with Crippen LogP contribution in [-0.2, 0) is 0 Å². The molecule has 0 bridgehead atoms. The average molecular weight is 289 g/mol. The Morgan fingerprint density at radius 2 is 1.75 bits per heavy atom. The summed E-state index contributed by atoms with van der Waals surface area (Å²) in [5.74, 6) is 0.0123. The molecule has 0 aliphatic carbocycles. The topological polar surface area (TPSA) is 33.2 Å². The number of halogens is 1. The van der Waals surface area contributed by atoms with E-state index in [1.165, 1.54) is 0 Å². The Bertz CT molecular complexity index is 592. The molecule has 0 N–H and O–H groups in total. The number of hydrogen-bond donors (Lipinski definition) is 0. The SMILES string of the molecule is CCN(CC)C(=O)c1cncc(-c2ccc(Cl)cc2)c1. The Labute approximate surface area is 124 Å². The first-order chi connectivity index (χ1) is 9.65. The van der Waals surface area contributed by atoms with Crippen molar-refractivity contribution in [2.45, 2.75) is 13.8 Å². The summed E-state index contributed by atoms with van der Waals surface area (Å²) in [5.41, 5.74) is 2.52.